The smallest absolute Gasteiger partial charge is 0.330 e. The molecule has 2 unspecified atom stereocenters. The number of ether oxygens (including phenoxy) is 2. The Kier molecular flexibility index (Phi) is 13.8. The van der Waals surface area contributed by atoms with Crippen molar-refractivity contribution in [3.05, 3.63) is 12.7 Å². The molecule has 4 nitrogen and oxygen atoms in total. The van der Waals surface area contributed by atoms with E-state index in [0.29, 0.717) is 0 Å². The van der Waals surface area contributed by atoms with Crippen molar-refractivity contribution in [3.63, 3.8) is 0 Å². The van der Waals surface area contributed by atoms with Gasteiger partial charge in [0, 0.05) is 6.08 Å². The van der Waals surface area contributed by atoms with Gasteiger partial charge in [0.25, 0.3) is 0 Å². The quantitative estimate of drug-likeness (QED) is 0.161. The topological polar surface area (TPSA) is 44.8 Å². The molecule has 0 amide bonds. The summed E-state index contributed by atoms with van der Waals surface area (Å²) in [6.45, 7) is 7.97. The summed E-state index contributed by atoms with van der Waals surface area (Å²) in [6, 6.07) is 0. The highest BCUT2D eigenvalue weighted by atomic mass is 28.2. The fourth-order valence-electron chi connectivity index (χ4n) is 2.23. The minimum atomic E-state index is -0.340. The lowest BCUT2D eigenvalue weighted by molar-refractivity contribution is -0.144. The van der Waals surface area contributed by atoms with Gasteiger partial charge in [-0.1, -0.05) is 39.7 Å². The third kappa shape index (κ3) is 11.7. The number of hydrogen-bond donors (Lipinski definition) is 0. The van der Waals surface area contributed by atoms with Crippen molar-refractivity contribution in [2.24, 2.45) is 0 Å². The first-order valence-electron chi connectivity index (χ1n) is 7.91. The molecule has 3 radical (unpaired) electrons. The molecule has 0 rings (SSSR count). The standard InChI is InChI=1S/C16H29O4Si/c1-4-7-8-10-15(20-16(17)6-3)12-11-14(9-5-2)18-13-19-21/h6,14-15H,3-5,7-13H2,1-2H3. The van der Waals surface area contributed by atoms with Gasteiger partial charge in [-0.15, -0.1) is 0 Å². The van der Waals surface area contributed by atoms with Crippen LogP contribution in [0.25, 0.3) is 0 Å². The van der Waals surface area contributed by atoms with E-state index in [2.05, 4.69) is 30.9 Å². The molecule has 0 N–H and O–H groups in total. The van der Waals surface area contributed by atoms with E-state index in [9.17, 15) is 4.79 Å². The molecular formula is C16H29O4Si. The van der Waals surface area contributed by atoms with E-state index in [1.165, 1.54) is 6.08 Å². The number of esters is 1. The number of rotatable bonds is 14. The number of unbranched alkanes of at least 4 members (excludes halogenated alkanes) is 2. The minimum absolute atomic E-state index is 0.0468. The maximum atomic E-state index is 11.4. The molecular weight excluding hydrogens is 284 g/mol. The largest absolute Gasteiger partial charge is 0.459 e. The van der Waals surface area contributed by atoms with Crippen LogP contribution in [0.3, 0.4) is 0 Å². The van der Waals surface area contributed by atoms with Gasteiger partial charge in [0.2, 0.25) is 10.5 Å². The van der Waals surface area contributed by atoms with Crippen LogP contribution in [0.4, 0.5) is 0 Å². The van der Waals surface area contributed by atoms with Crippen LogP contribution in [-0.4, -0.2) is 35.5 Å². The van der Waals surface area contributed by atoms with Gasteiger partial charge in [0.1, 0.15) is 12.9 Å². The molecule has 2 atom stereocenters. The van der Waals surface area contributed by atoms with Crippen molar-refractivity contribution in [2.75, 3.05) is 6.79 Å². The molecule has 0 fully saturated rings. The van der Waals surface area contributed by atoms with E-state index in [1.807, 2.05) is 0 Å². The molecule has 0 aliphatic carbocycles. The van der Waals surface area contributed by atoms with Gasteiger partial charge >= 0.3 is 5.97 Å². The van der Waals surface area contributed by atoms with Gasteiger partial charge in [-0.3, -0.25) is 0 Å². The normalized spacial score (nSPS) is 13.7. The van der Waals surface area contributed by atoms with E-state index in [0.717, 1.165) is 51.4 Å². The Labute approximate surface area is 132 Å². The highest BCUT2D eigenvalue weighted by Crippen LogP contribution is 2.17. The number of hydrogen-bond acceptors (Lipinski definition) is 4. The molecule has 121 valence electrons. The summed E-state index contributed by atoms with van der Waals surface area (Å²) < 4.78 is 15.8. The monoisotopic (exact) mass is 313 g/mol. The maximum absolute atomic E-state index is 11.4. The Hall–Kier alpha value is -0.653. The first kappa shape index (κ1) is 20.3. The van der Waals surface area contributed by atoms with Crippen LogP contribution in [0.2, 0.25) is 0 Å². The zero-order chi connectivity index (χ0) is 15.9. The second-order valence-corrected chi connectivity index (χ2v) is 5.46. The Morgan fingerprint density at radius 3 is 2.38 bits per heavy atom. The van der Waals surface area contributed by atoms with Crippen molar-refractivity contribution < 1.29 is 18.7 Å². The molecule has 21 heavy (non-hydrogen) atoms. The van der Waals surface area contributed by atoms with Crippen molar-refractivity contribution in [1.29, 1.82) is 0 Å². The molecule has 0 bridgehead atoms. The van der Waals surface area contributed by atoms with Crippen LogP contribution in [-0.2, 0) is 18.7 Å². The van der Waals surface area contributed by atoms with E-state index >= 15 is 0 Å². The van der Waals surface area contributed by atoms with Crippen LogP contribution in [0.15, 0.2) is 12.7 Å². The average Bonchev–Trinajstić information content (AvgIpc) is 2.49. The van der Waals surface area contributed by atoms with Crippen LogP contribution in [0, 0.1) is 0 Å². The molecule has 0 aromatic heterocycles. The Balaban J connectivity index is 4.25. The fourth-order valence-corrected chi connectivity index (χ4v) is 2.30. The highest BCUT2D eigenvalue weighted by molar-refractivity contribution is 5.97. The molecule has 5 heteroatoms. The molecule has 0 aliphatic heterocycles. The highest BCUT2D eigenvalue weighted by Gasteiger charge is 2.16. The average molecular weight is 313 g/mol. The van der Waals surface area contributed by atoms with Crippen LogP contribution < -0.4 is 0 Å². The lowest BCUT2D eigenvalue weighted by Crippen LogP contribution is -2.21. The molecule has 0 aromatic rings. The van der Waals surface area contributed by atoms with E-state index in [-0.39, 0.29) is 25.0 Å². The van der Waals surface area contributed by atoms with Gasteiger partial charge in [-0.05, 0) is 32.1 Å². The number of carbonyl (C=O) groups is 1. The zero-order valence-corrected chi connectivity index (χ0v) is 14.4. The second-order valence-electron chi connectivity index (χ2n) is 5.18. The van der Waals surface area contributed by atoms with Gasteiger partial charge in [-0.25, -0.2) is 4.79 Å². The van der Waals surface area contributed by atoms with Gasteiger partial charge < -0.3 is 13.9 Å². The molecule has 0 saturated heterocycles. The summed E-state index contributed by atoms with van der Waals surface area (Å²) in [5.74, 6) is -0.340. The van der Waals surface area contributed by atoms with Crippen LogP contribution in [0.1, 0.15) is 65.2 Å². The molecule has 0 saturated carbocycles. The van der Waals surface area contributed by atoms with Gasteiger partial charge in [0.05, 0.1) is 6.10 Å². The van der Waals surface area contributed by atoms with E-state index in [4.69, 9.17) is 13.9 Å². The summed E-state index contributed by atoms with van der Waals surface area (Å²) in [7, 11) is 2.93. The maximum Gasteiger partial charge on any atom is 0.330 e. The Morgan fingerprint density at radius 2 is 1.81 bits per heavy atom. The first-order chi connectivity index (χ1) is 10.2. The Bertz CT molecular complexity index is 271. The first-order valence-corrected chi connectivity index (χ1v) is 8.31. The van der Waals surface area contributed by atoms with Gasteiger partial charge in [0.15, 0.2) is 0 Å². The predicted octanol–water partition coefficient (Wildman–Crippen LogP) is 3.69. The van der Waals surface area contributed by atoms with Crippen molar-refractivity contribution in [3.8, 4) is 0 Å². The molecule has 0 spiro atoms. The SMILES string of the molecule is C=CC(=O)OC(CCCCC)CCC(CCC)OCO[Si]. The summed E-state index contributed by atoms with van der Waals surface area (Å²) >= 11 is 0. The number of carbonyl (C=O) groups excluding carboxylic acids is 1. The van der Waals surface area contributed by atoms with E-state index < -0.39 is 0 Å². The fraction of sp³-hybridized carbons (Fsp3) is 0.812. The Morgan fingerprint density at radius 1 is 1.10 bits per heavy atom. The summed E-state index contributed by atoms with van der Waals surface area (Å²) in [6.07, 6.45) is 9.34. The van der Waals surface area contributed by atoms with Crippen LogP contribution >= 0.6 is 0 Å². The summed E-state index contributed by atoms with van der Waals surface area (Å²) in [5, 5.41) is 0. The molecule has 0 aromatic carbocycles. The van der Waals surface area contributed by atoms with Crippen molar-refractivity contribution >= 4 is 16.5 Å². The molecule has 0 aliphatic rings. The lowest BCUT2D eigenvalue weighted by Gasteiger charge is -2.21. The zero-order valence-electron chi connectivity index (χ0n) is 13.4. The van der Waals surface area contributed by atoms with Crippen molar-refractivity contribution in [1.82, 2.24) is 0 Å². The third-order valence-corrected chi connectivity index (χ3v) is 3.48. The second kappa shape index (κ2) is 14.3. The lowest BCUT2D eigenvalue weighted by atomic mass is 10.0. The van der Waals surface area contributed by atoms with Gasteiger partial charge in [-0.2, -0.15) is 0 Å². The van der Waals surface area contributed by atoms with Crippen molar-refractivity contribution in [2.45, 2.75) is 77.4 Å². The summed E-state index contributed by atoms with van der Waals surface area (Å²) in [4.78, 5) is 11.4. The van der Waals surface area contributed by atoms with E-state index in [1.54, 1.807) is 0 Å². The predicted molar refractivity (Wildman–Crippen MR) is 84.9 cm³/mol. The summed E-state index contributed by atoms with van der Waals surface area (Å²) in [5.41, 5.74) is 0. The third-order valence-electron chi connectivity index (χ3n) is 3.36. The van der Waals surface area contributed by atoms with Crippen LogP contribution in [0.5, 0.6) is 0 Å². The molecule has 0 heterocycles. The minimum Gasteiger partial charge on any atom is -0.459 e.